The van der Waals surface area contributed by atoms with Crippen LogP contribution in [0.15, 0.2) is 0 Å². The van der Waals surface area contributed by atoms with E-state index in [1.165, 1.54) is 0 Å². The Bertz CT molecular complexity index is 176. The molecule has 0 radical (unpaired) electrons. The molecule has 0 aromatic carbocycles. The van der Waals surface area contributed by atoms with Gasteiger partial charge in [-0.1, -0.05) is 0 Å². The third-order valence-electron chi connectivity index (χ3n) is 1.39. The van der Waals surface area contributed by atoms with Gasteiger partial charge in [-0.3, -0.25) is 0 Å². The molecular formula is C7H18O2P2. The van der Waals surface area contributed by atoms with Gasteiger partial charge < -0.3 is 9.13 Å². The van der Waals surface area contributed by atoms with Crippen molar-refractivity contribution in [3.63, 3.8) is 0 Å². The highest BCUT2D eigenvalue weighted by Gasteiger charge is 2.10. The fourth-order valence-electron chi connectivity index (χ4n) is 0.832. The van der Waals surface area contributed by atoms with Crippen molar-refractivity contribution in [2.75, 3.05) is 39.0 Å². The first-order valence-electron chi connectivity index (χ1n) is 3.79. The maximum absolute atomic E-state index is 11.2. The molecule has 0 saturated heterocycles. The first-order valence-corrected chi connectivity index (χ1v) is 9.36. The topological polar surface area (TPSA) is 34.1 Å². The molecular weight excluding hydrogens is 178 g/mol. The maximum atomic E-state index is 11.2. The summed E-state index contributed by atoms with van der Waals surface area (Å²) in [4.78, 5) is 0. The van der Waals surface area contributed by atoms with Crippen molar-refractivity contribution in [1.29, 1.82) is 0 Å². The minimum Gasteiger partial charge on any atom is -0.324 e. The van der Waals surface area contributed by atoms with Crippen molar-refractivity contribution in [1.82, 2.24) is 0 Å². The van der Waals surface area contributed by atoms with Crippen LogP contribution in [0, 0.1) is 0 Å². The molecule has 0 heterocycles. The van der Waals surface area contributed by atoms with E-state index in [1.54, 1.807) is 26.7 Å². The van der Waals surface area contributed by atoms with E-state index in [1.807, 2.05) is 0 Å². The quantitative estimate of drug-likeness (QED) is 0.647. The molecule has 0 bridgehead atoms. The van der Waals surface area contributed by atoms with E-state index in [-0.39, 0.29) is 0 Å². The van der Waals surface area contributed by atoms with Crippen LogP contribution in [-0.4, -0.2) is 39.0 Å². The first kappa shape index (κ1) is 11.5. The van der Waals surface area contributed by atoms with Gasteiger partial charge in [0.2, 0.25) is 0 Å². The average Bonchev–Trinajstić information content (AvgIpc) is 1.55. The average molecular weight is 196 g/mol. The molecule has 0 atom stereocenters. The van der Waals surface area contributed by atoms with Crippen molar-refractivity contribution >= 4 is 14.3 Å². The SMILES string of the molecule is CP(C)(=O)CCCP(C)(C)=O. The third kappa shape index (κ3) is 10.5. The Kier molecular flexibility index (Phi) is 4.08. The minimum absolute atomic E-state index is 0.735. The normalized spacial score (nSPS) is 13.5. The first-order chi connectivity index (χ1) is 4.71. The molecule has 0 rings (SSSR count). The van der Waals surface area contributed by atoms with Crippen molar-refractivity contribution in [3.05, 3.63) is 0 Å². The Morgan fingerprint density at radius 3 is 1.27 bits per heavy atom. The van der Waals surface area contributed by atoms with Gasteiger partial charge in [0.05, 0.1) is 14.3 Å². The second kappa shape index (κ2) is 3.92. The lowest BCUT2D eigenvalue weighted by Crippen LogP contribution is -1.92. The van der Waals surface area contributed by atoms with Crippen LogP contribution in [-0.2, 0) is 9.13 Å². The Balaban J connectivity index is 3.61. The van der Waals surface area contributed by atoms with E-state index in [0.29, 0.717) is 0 Å². The second-order valence-electron chi connectivity index (χ2n) is 3.95. The summed E-state index contributed by atoms with van der Waals surface area (Å²) in [7, 11) is -3.75. The van der Waals surface area contributed by atoms with Crippen LogP contribution in [0.3, 0.4) is 0 Å². The Labute approximate surface area is 69.5 Å². The molecule has 0 N–H and O–H groups in total. The van der Waals surface area contributed by atoms with Crippen LogP contribution in [0.5, 0.6) is 0 Å². The second-order valence-corrected chi connectivity index (χ2v) is 11.1. The van der Waals surface area contributed by atoms with Crippen molar-refractivity contribution in [2.24, 2.45) is 0 Å². The van der Waals surface area contributed by atoms with Gasteiger partial charge in [-0.25, -0.2) is 0 Å². The molecule has 68 valence electrons. The van der Waals surface area contributed by atoms with Gasteiger partial charge in [0.1, 0.15) is 0 Å². The van der Waals surface area contributed by atoms with Crippen molar-refractivity contribution in [3.8, 4) is 0 Å². The van der Waals surface area contributed by atoms with Gasteiger partial charge in [0, 0.05) is 12.3 Å². The Morgan fingerprint density at radius 2 is 1.09 bits per heavy atom. The number of rotatable bonds is 4. The molecule has 0 unspecified atom stereocenters. The summed E-state index contributed by atoms with van der Waals surface area (Å²) in [6, 6.07) is 0. The number of hydrogen-bond donors (Lipinski definition) is 0. The molecule has 0 aromatic rings. The smallest absolute Gasteiger partial charge is 0.0819 e. The Hall–Kier alpha value is 0.460. The van der Waals surface area contributed by atoms with E-state index in [0.717, 1.165) is 18.7 Å². The third-order valence-corrected chi connectivity index (χ3v) is 4.18. The van der Waals surface area contributed by atoms with Gasteiger partial charge in [0.15, 0.2) is 0 Å². The molecule has 0 aliphatic heterocycles. The molecule has 0 aromatic heterocycles. The fourth-order valence-corrected chi connectivity index (χ4v) is 2.92. The zero-order valence-corrected chi connectivity index (χ0v) is 9.62. The van der Waals surface area contributed by atoms with E-state index >= 15 is 0 Å². The molecule has 0 fully saturated rings. The predicted molar refractivity (Wildman–Crippen MR) is 53.3 cm³/mol. The minimum atomic E-state index is -1.87. The molecule has 4 heteroatoms. The lowest BCUT2D eigenvalue weighted by atomic mass is 10.6. The molecule has 0 aliphatic carbocycles. The zero-order chi connectivity index (χ0) is 9.12. The molecule has 0 saturated carbocycles. The summed E-state index contributed by atoms with van der Waals surface area (Å²) in [5.41, 5.74) is 0. The van der Waals surface area contributed by atoms with Crippen LogP contribution in [0.2, 0.25) is 0 Å². The predicted octanol–water partition coefficient (Wildman–Crippen LogP) is 2.62. The highest BCUT2D eigenvalue weighted by molar-refractivity contribution is 7.63. The van der Waals surface area contributed by atoms with Gasteiger partial charge in [-0.2, -0.15) is 0 Å². The summed E-state index contributed by atoms with van der Waals surface area (Å²) in [5.74, 6) is 0. The zero-order valence-electron chi connectivity index (χ0n) is 7.83. The lowest BCUT2D eigenvalue weighted by Gasteiger charge is -2.08. The summed E-state index contributed by atoms with van der Waals surface area (Å²) >= 11 is 0. The van der Waals surface area contributed by atoms with E-state index in [2.05, 4.69) is 0 Å². The molecule has 0 spiro atoms. The summed E-state index contributed by atoms with van der Waals surface area (Å²) in [5, 5.41) is 0. The van der Waals surface area contributed by atoms with Crippen molar-refractivity contribution < 1.29 is 9.13 Å². The van der Waals surface area contributed by atoms with E-state index in [9.17, 15) is 9.13 Å². The summed E-state index contributed by atoms with van der Waals surface area (Å²) in [6.45, 7) is 7.12. The summed E-state index contributed by atoms with van der Waals surface area (Å²) < 4.78 is 22.4. The molecule has 0 amide bonds. The van der Waals surface area contributed by atoms with E-state index < -0.39 is 14.3 Å². The highest BCUT2D eigenvalue weighted by atomic mass is 31.2. The monoisotopic (exact) mass is 196 g/mol. The standard InChI is InChI=1S/C7H18O2P2/c1-10(2,8)6-5-7-11(3,4)9/h5-7H2,1-4H3. The maximum Gasteiger partial charge on any atom is 0.0819 e. The highest BCUT2D eigenvalue weighted by Crippen LogP contribution is 2.41. The molecule has 0 aliphatic rings. The van der Waals surface area contributed by atoms with Gasteiger partial charge in [0.25, 0.3) is 0 Å². The Morgan fingerprint density at radius 1 is 0.818 bits per heavy atom. The molecule has 11 heavy (non-hydrogen) atoms. The lowest BCUT2D eigenvalue weighted by molar-refractivity contribution is 0.578. The van der Waals surface area contributed by atoms with Crippen LogP contribution in [0.25, 0.3) is 0 Å². The van der Waals surface area contributed by atoms with Gasteiger partial charge in [-0.15, -0.1) is 0 Å². The van der Waals surface area contributed by atoms with E-state index in [4.69, 9.17) is 0 Å². The largest absolute Gasteiger partial charge is 0.324 e. The van der Waals surface area contributed by atoms with Gasteiger partial charge in [-0.05, 0) is 33.1 Å². The fraction of sp³-hybridized carbons (Fsp3) is 1.00. The van der Waals surface area contributed by atoms with Crippen LogP contribution >= 0.6 is 14.3 Å². The summed E-state index contributed by atoms with van der Waals surface area (Å²) in [6.07, 6.45) is 2.31. The van der Waals surface area contributed by atoms with Crippen LogP contribution < -0.4 is 0 Å². The van der Waals surface area contributed by atoms with Gasteiger partial charge >= 0.3 is 0 Å². The van der Waals surface area contributed by atoms with Crippen molar-refractivity contribution in [2.45, 2.75) is 6.42 Å². The van der Waals surface area contributed by atoms with Crippen LogP contribution in [0.4, 0.5) is 0 Å². The number of hydrogen-bond acceptors (Lipinski definition) is 2. The van der Waals surface area contributed by atoms with Crippen LogP contribution in [0.1, 0.15) is 6.42 Å². The molecule has 2 nitrogen and oxygen atoms in total.